The van der Waals surface area contributed by atoms with E-state index in [9.17, 15) is 9.59 Å². The first-order valence-electron chi connectivity index (χ1n) is 6.36. The smallest absolute Gasteiger partial charge is 0.255 e. The highest BCUT2D eigenvalue weighted by molar-refractivity contribution is 9.10. The van der Waals surface area contributed by atoms with Crippen LogP contribution in [0.3, 0.4) is 0 Å². The Bertz CT molecular complexity index is 491. The fraction of sp³-hybridized carbons (Fsp3) is 0.462. The molecule has 0 aliphatic heterocycles. The average Bonchev–Trinajstić information content (AvgIpc) is 2.39. The minimum Gasteiger partial charge on any atom is -0.383 e. The highest BCUT2D eigenvalue weighted by atomic mass is 79.9. The van der Waals surface area contributed by atoms with E-state index in [1.54, 1.807) is 6.07 Å². The fourth-order valence-corrected chi connectivity index (χ4v) is 1.75. The zero-order valence-corrected chi connectivity index (χ0v) is 13.2. The number of rotatable bonds is 6. The molecule has 110 valence electrons. The molecule has 4 N–H and O–H groups in total. The molecule has 0 saturated carbocycles. The number of amides is 2. The first-order valence-corrected chi connectivity index (χ1v) is 7.15. The topological polar surface area (TPSA) is 97.1 Å². The van der Waals surface area contributed by atoms with Crippen molar-refractivity contribution in [2.45, 2.75) is 20.3 Å². The number of carbonyl (C=O) groups excluding carboxylic acids is 2. The van der Waals surface area contributed by atoms with E-state index in [-0.39, 0.29) is 30.6 Å². The summed E-state index contributed by atoms with van der Waals surface area (Å²) in [5, 5.41) is 5.43. The molecule has 1 heterocycles. The Labute approximate surface area is 126 Å². The first kappa shape index (κ1) is 16.4. The summed E-state index contributed by atoms with van der Waals surface area (Å²) < 4.78 is 0.673. The van der Waals surface area contributed by atoms with Gasteiger partial charge < -0.3 is 16.4 Å². The van der Waals surface area contributed by atoms with Crippen molar-refractivity contribution in [1.82, 2.24) is 15.6 Å². The van der Waals surface area contributed by atoms with Crippen LogP contribution in [0.5, 0.6) is 0 Å². The number of anilines is 1. The van der Waals surface area contributed by atoms with E-state index in [1.807, 2.05) is 13.8 Å². The van der Waals surface area contributed by atoms with Crippen LogP contribution in [0.4, 0.5) is 5.82 Å². The third kappa shape index (κ3) is 5.56. The number of aromatic nitrogens is 1. The molecule has 6 nitrogen and oxygen atoms in total. The van der Waals surface area contributed by atoms with Gasteiger partial charge in [-0.25, -0.2) is 4.98 Å². The molecule has 0 aliphatic rings. The average molecular weight is 343 g/mol. The predicted octanol–water partition coefficient (Wildman–Crippen LogP) is 1.32. The number of nitrogens with zero attached hydrogens (tertiary/aromatic N) is 1. The lowest BCUT2D eigenvalue weighted by atomic mass is 10.2. The number of nitrogens with one attached hydrogen (secondary N) is 2. The Hall–Kier alpha value is -1.63. The van der Waals surface area contributed by atoms with E-state index in [4.69, 9.17) is 5.73 Å². The van der Waals surface area contributed by atoms with Crippen molar-refractivity contribution in [3.05, 3.63) is 22.3 Å². The molecule has 0 saturated heterocycles. The number of nitrogen functional groups attached to an aromatic ring is 1. The molecule has 1 aromatic rings. The molecule has 0 aliphatic carbocycles. The number of pyridine rings is 1. The minimum absolute atomic E-state index is 0.0839. The second kappa shape index (κ2) is 7.84. The van der Waals surface area contributed by atoms with Gasteiger partial charge in [-0.1, -0.05) is 13.8 Å². The van der Waals surface area contributed by atoms with Crippen molar-refractivity contribution in [3.63, 3.8) is 0 Å². The van der Waals surface area contributed by atoms with Crippen molar-refractivity contribution >= 4 is 33.6 Å². The quantitative estimate of drug-likeness (QED) is 0.726. The van der Waals surface area contributed by atoms with Crippen molar-refractivity contribution in [3.8, 4) is 0 Å². The van der Waals surface area contributed by atoms with Gasteiger partial charge in [0.05, 0.1) is 5.56 Å². The van der Waals surface area contributed by atoms with E-state index in [2.05, 4.69) is 31.5 Å². The zero-order chi connectivity index (χ0) is 15.1. The van der Waals surface area contributed by atoms with E-state index in [1.165, 1.54) is 6.20 Å². The molecule has 0 fully saturated rings. The van der Waals surface area contributed by atoms with Gasteiger partial charge in [-0.2, -0.15) is 0 Å². The Morgan fingerprint density at radius 2 is 2.10 bits per heavy atom. The SMILES string of the molecule is CC(C)CNC(=O)CCNC(=O)c1cc(Br)cnc1N. The van der Waals surface area contributed by atoms with Crippen LogP contribution in [0, 0.1) is 5.92 Å². The molecule has 0 spiro atoms. The number of nitrogens with two attached hydrogens (primary N) is 1. The molecule has 0 radical (unpaired) electrons. The van der Waals surface area contributed by atoms with E-state index in [0.29, 0.717) is 22.5 Å². The highest BCUT2D eigenvalue weighted by Crippen LogP contribution is 2.15. The summed E-state index contributed by atoms with van der Waals surface area (Å²) >= 11 is 3.23. The van der Waals surface area contributed by atoms with Crippen LogP contribution in [0.25, 0.3) is 0 Å². The maximum atomic E-state index is 11.9. The molecule has 20 heavy (non-hydrogen) atoms. The third-order valence-electron chi connectivity index (χ3n) is 2.47. The third-order valence-corrected chi connectivity index (χ3v) is 2.91. The van der Waals surface area contributed by atoms with Gasteiger partial charge in [0.15, 0.2) is 0 Å². The molecule has 1 rings (SSSR count). The Balaban J connectivity index is 2.40. The molecule has 1 aromatic heterocycles. The molecule has 7 heteroatoms. The van der Waals surface area contributed by atoms with Gasteiger partial charge in [0, 0.05) is 30.2 Å². The van der Waals surface area contributed by atoms with Crippen LogP contribution in [0.2, 0.25) is 0 Å². The van der Waals surface area contributed by atoms with Gasteiger partial charge >= 0.3 is 0 Å². The van der Waals surface area contributed by atoms with Crippen molar-refractivity contribution in [1.29, 1.82) is 0 Å². The van der Waals surface area contributed by atoms with Gasteiger partial charge in [-0.05, 0) is 27.9 Å². The summed E-state index contributed by atoms with van der Waals surface area (Å²) in [5.74, 6) is 0.142. The van der Waals surface area contributed by atoms with Gasteiger partial charge in [0.1, 0.15) is 5.82 Å². The lowest BCUT2D eigenvalue weighted by Gasteiger charge is -2.09. The van der Waals surface area contributed by atoms with Crippen LogP contribution < -0.4 is 16.4 Å². The van der Waals surface area contributed by atoms with E-state index >= 15 is 0 Å². The summed E-state index contributed by atoms with van der Waals surface area (Å²) in [6.07, 6.45) is 1.76. The monoisotopic (exact) mass is 342 g/mol. The summed E-state index contributed by atoms with van der Waals surface area (Å²) in [4.78, 5) is 27.2. The standard InChI is InChI=1S/C13H19BrN4O2/c1-8(2)6-17-11(19)3-4-16-13(20)10-5-9(14)7-18-12(10)15/h5,7-8H,3-4,6H2,1-2H3,(H2,15,18)(H,16,20)(H,17,19). The largest absolute Gasteiger partial charge is 0.383 e. The van der Waals surface area contributed by atoms with Gasteiger partial charge in [0.2, 0.25) is 5.91 Å². The minimum atomic E-state index is -0.340. The second-order valence-corrected chi connectivity index (χ2v) is 5.71. The summed E-state index contributed by atoms with van der Waals surface area (Å²) in [6, 6.07) is 1.59. The lowest BCUT2D eigenvalue weighted by molar-refractivity contribution is -0.121. The molecular formula is C13H19BrN4O2. The van der Waals surface area contributed by atoms with Crippen molar-refractivity contribution in [2.75, 3.05) is 18.8 Å². The zero-order valence-electron chi connectivity index (χ0n) is 11.6. The lowest BCUT2D eigenvalue weighted by Crippen LogP contribution is -2.32. The van der Waals surface area contributed by atoms with Gasteiger partial charge in [0.25, 0.3) is 5.91 Å². The fourth-order valence-electron chi connectivity index (χ4n) is 1.42. The maximum absolute atomic E-state index is 11.9. The van der Waals surface area contributed by atoms with Crippen LogP contribution in [0.15, 0.2) is 16.7 Å². The van der Waals surface area contributed by atoms with Crippen molar-refractivity contribution < 1.29 is 9.59 Å². The van der Waals surface area contributed by atoms with Crippen LogP contribution in [-0.4, -0.2) is 29.9 Å². The number of halogens is 1. The second-order valence-electron chi connectivity index (χ2n) is 4.79. The molecule has 0 atom stereocenters. The predicted molar refractivity (Wildman–Crippen MR) is 81.1 cm³/mol. The van der Waals surface area contributed by atoms with E-state index in [0.717, 1.165) is 0 Å². The molecule has 0 unspecified atom stereocenters. The molecule has 0 aromatic carbocycles. The summed E-state index contributed by atoms with van der Waals surface area (Å²) in [6.45, 7) is 4.93. The Kier molecular flexibility index (Phi) is 6.44. The summed E-state index contributed by atoms with van der Waals surface area (Å²) in [5.41, 5.74) is 5.92. The normalized spacial score (nSPS) is 10.4. The number of hydrogen-bond acceptors (Lipinski definition) is 4. The number of hydrogen-bond donors (Lipinski definition) is 3. The Morgan fingerprint density at radius 3 is 2.75 bits per heavy atom. The molecule has 0 bridgehead atoms. The maximum Gasteiger partial charge on any atom is 0.255 e. The van der Waals surface area contributed by atoms with E-state index < -0.39 is 0 Å². The van der Waals surface area contributed by atoms with Gasteiger partial charge in [-0.15, -0.1) is 0 Å². The number of carbonyl (C=O) groups is 2. The van der Waals surface area contributed by atoms with Crippen LogP contribution >= 0.6 is 15.9 Å². The molecular weight excluding hydrogens is 324 g/mol. The van der Waals surface area contributed by atoms with Crippen LogP contribution in [-0.2, 0) is 4.79 Å². The molecule has 2 amide bonds. The van der Waals surface area contributed by atoms with Crippen molar-refractivity contribution in [2.24, 2.45) is 5.92 Å². The summed E-state index contributed by atoms with van der Waals surface area (Å²) in [7, 11) is 0. The van der Waals surface area contributed by atoms with Gasteiger partial charge in [-0.3, -0.25) is 9.59 Å². The first-order chi connectivity index (χ1) is 9.40. The highest BCUT2D eigenvalue weighted by Gasteiger charge is 2.11. The Morgan fingerprint density at radius 1 is 1.40 bits per heavy atom. The van der Waals surface area contributed by atoms with Crippen LogP contribution in [0.1, 0.15) is 30.6 Å².